The van der Waals surface area contributed by atoms with Gasteiger partial charge in [0.2, 0.25) is 0 Å². The fraction of sp³-hybridized carbons (Fsp3) is 0.333. The number of benzene rings is 1. The summed E-state index contributed by atoms with van der Waals surface area (Å²) in [5, 5.41) is 4.61. The van der Waals surface area contributed by atoms with E-state index in [0.29, 0.717) is 5.37 Å². The Morgan fingerprint density at radius 1 is 1.54 bits per heavy atom. The molecule has 1 atom stereocenters. The molecular weight excluding hydrogens is 270 g/mol. The summed E-state index contributed by atoms with van der Waals surface area (Å²) in [5.74, 6) is 1.18. The van der Waals surface area contributed by atoms with E-state index in [0.717, 1.165) is 16.0 Å². The first kappa shape index (κ1) is 9.84. The highest BCUT2D eigenvalue weighted by Gasteiger charge is 2.16. The van der Waals surface area contributed by atoms with Gasteiger partial charge in [0.1, 0.15) is 0 Å². The molecule has 0 radical (unpaired) electrons. The lowest BCUT2D eigenvalue weighted by molar-refractivity contribution is 0.751. The van der Waals surface area contributed by atoms with Crippen LogP contribution in [0.4, 0.5) is 0 Å². The van der Waals surface area contributed by atoms with Gasteiger partial charge in [0.25, 0.3) is 0 Å². The summed E-state index contributed by atoms with van der Waals surface area (Å²) in [6, 6.07) is 6.12. The average molecular weight is 279 g/mol. The molecule has 0 aromatic heterocycles. The van der Waals surface area contributed by atoms with Crippen LogP contribution in [0.15, 0.2) is 22.7 Å². The van der Waals surface area contributed by atoms with Gasteiger partial charge >= 0.3 is 0 Å². The molecule has 70 valence electrons. The molecule has 2 rings (SSSR count). The highest BCUT2D eigenvalue weighted by Crippen LogP contribution is 2.33. The molecule has 1 aromatic carbocycles. The van der Waals surface area contributed by atoms with E-state index in [1.54, 1.807) is 0 Å². The number of thioether (sulfide) groups is 1. The zero-order chi connectivity index (χ0) is 9.26. The van der Waals surface area contributed by atoms with Crippen molar-refractivity contribution < 1.29 is 0 Å². The second kappa shape index (κ2) is 4.22. The highest BCUT2D eigenvalue weighted by atomic mass is 79.9. The van der Waals surface area contributed by atoms with Crippen molar-refractivity contribution in [3.05, 3.63) is 33.3 Å². The fourth-order valence-electron chi connectivity index (χ4n) is 1.32. The summed E-state index contributed by atoms with van der Waals surface area (Å²) in [5.41, 5.74) is 1.26. The van der Waals surface area contributed by atoms with Gasteiger partial charge < -0.3 is 5.32 Å². The van der Waals surface area contributed by atoms with E-state index in [9.17, 15) is 0 Å². The molecule has 1 heterocycles. The predicted octanol–water partition coefficient (Wildman–Crippen LogP) is 3.44. The molecule has 1 N–H and O–H groups in total. The number of hydrogen-bond donors (Lipinski definition) is 1. The Morgan fingerprint density at radius 3 is 3.00 bits per heavy atom. The molecule has 1 nitrogen and oxygen atoms in total. The third kappa shape index (κ3) is 2.21. The first-order valence-electron chi connectivity index (χ1n) is 4.07. The molecule has 13 heavy (non-hydrogen) atoms. The summed E-state index contributed by atoms with van der Waals surface area (Å²) in [4.78, 5) is 0. The lowest BCUT2D eigenvalue weighted by Gasteiger charge is -2.10. The molecule has 0 bridgehead atoms. The highest BCUT2D eigenvalue weighted by molar-refractivity contribution is 9.10. The number of rotatable bonds is 1. The number of hydrogen-bond acceptors (Lipinski definition) is 2. The van der Waals surface area contributed by atoms with Crippen LogP contribution in [-0.4, -0.2) is 12.3 Å². The van der Waals surface area contributed by atoms with Crippen molar-refractivity contribution in [2.45, 2.75) is 5.37 Å². The lowest BCUT2D eigenvalue weighted by Crippen LogP contribution is -2.11. The van der Waals surface area contributed by atoms with Gasteiger partial charge in [-0.3, -0.25) is 0 Å². The Kier molecular flexibility index (Phi) is 3.19. The van der Waals surface area contributed by atoms with E-state index < -0.39 is 0 Å². The Hall–Kier alpha value is 0.300. The predicted molar refractivity (Wildman–Crippen MR) is 62.4 cm³/mol. The third-order valence-corrected chi connectivity index (χ3v) is 4.41. The molecule has 1 saturated heterocycles. The molecule has 1 unspecified atom stereocenters. The molecule has 1 aliphatic heterocycles. The summed E-state index contributed by atoms with van der Waals surface area (Å²) in [6.45, 7) is 1.09. The molecule has 0 saturated carbocycles. The van der Waals surface area contributed by atoms with Crippen LogP contribution in [0, 0.1) is 0 Å². The van der Waals surface area contributed by atoms with Crippen molar-refractivity contribution in [1.82, 2.24) is 5.32 Å². The average Bonchev–Trinajstić information content (AvgIpc) is 2.62. The van der Waals surface area contributed by atoms with Crippen LogP contribution < -0.4 is 5.32 Å². The van der Waals surface area contributed by atoms with Crippen LogP contribution in [0.3, 0.4) is 0 Å². The van der Waals surface area contributed by atoms with Crippen molar-refractivity contribution in [2.24, 2.45) is 0 Å². The zero-order valence-electron chi connectivity index (χ0n) is 6.89. The van der Waals surface area contributed by atoms with Gasteiger partial charge in [0.15, 0.2) is 0 Å². The maximum absolute atomic E-state index is 6.01. The topological polar surface area (TPSA) is 12.0 Å². The summed E-state index contributed by atoms with van der Waals surface area (Å²) in [7, 11) is 0. The molecule has 1 aliphatic rings. The minimum Gasteiger partial charge on any atom is -0.301 e. The first-order valence-corrected chi connectivity index (χ1v) is 6.29. The van der Waals surface area contributed by atoms with E-state index in [1.807, 2.05) is 23.9 Å². The van der Waals surface area contributed by atoms with E-state index in [1.165, 1.54) is 11.3 Å². The van der Waals surface area contributed by atoms with Crippen LogP contribution in [-0.2, 0) is 0 Å². The largest absolute Gasteiger partial charge is 0.301 e. The first-order chi connectivity index (χ1) is 6.27. The summed E-state index contributed by atoms with van der Waals surface area (Å²) >= 11 is 11.3. The van der Waals surface area contributed by atoms with Gasteiger partial charge in [-0.15, -0.1) is 11.8 Å². The maximum atomic E-state index is 6.01. The molecule has 0 amide bonds. The number of halogens is 2. The van der Waals surface area contributed by atoms with E-state index in [4.69, 9.17) is 11.6 Å². The van der Waals surface area contributed by atoms with Crippen LogP contribution in [0.1, 0.15) is 10.9 Å². The molecule has 1 fully saturated rings. The van der Waals surface area contributed by atoms with E-state index in [-0.39, 0.29) is 0 Å². The summed E-state index contributed by atoms with van der Waals surface area (Å²) < 4.78 is 0.959. The Labute approximate surface area is 95.4 Å². The second-order valence-electron chi connectivity index (χ2n) is 2.88. The minimum absolute atomic E-state index is 0.422. The van der Waals surface area contributed by atoms with Gasteiger partial charge in [0, 0.05) is 16.8 Å². The minimum atomic E-state index is 0.422. The molecule has 4 heteroatoms. The Balaban J connectivity index is 2.25. The van der Waals surface area contributed by atoms with Gasteiger partial charge in [-0.1, -0.05) is 17.7 Å². The fourth-order valence-corrected chi connectivity index (χ4v) is 2.80. The lowest BCUT2D eigenvalue weighted by atomic mass is 10.2. The van der Waals surface area contributed by atoms with Crippen molar-refractivity contribution in [1.29, 1.82) is 0 Å². The van der Waals surface area contributed by atoms with E-state index >= 15 is 0 Å². The van der Waals surface area contributed by atoms with Crippen LogP contribution >= 0.6 is 39.3 Å². The third-order valence-electron chi connectivity index (χ3n) is 1.96. The van der Waals surface area contributed by atoms with Crippen molar-refractivity contribution >= 4 is 39.3 Å². The molecule has 0 spiro atoms. The SMILES string of the molecule is Clc1cc(C2NCCS2)ccc1Br. The van der Waals surface area contributed by atoms with Gasteiger partial charge in [-0.2, -0.15) is 0 Å². The van der Waals surface area contributed by atoms with Gasteiger partial charge in [-0.25, -0.2) is 0 Å². The Morgan fingerprint density at radius 2 is 2.38 bits per heavy atom. The molecule has 1 aromatic rings. The molecular formula is C9H9BrClNS. The standard InChI is InChI=1S/C9H9BrClNS/c10-7-2-1-6(5-8(7)11)9-12-3-4-13-9/h1-2,5,9,12H,3-4H2. The monoisotopic (exact) mass is 277 g/mol. The number of nitrogens with one attached hydrogen (secondary N) is 1. The normalized spacial score (nSPS) is 22.2. The zero-order valence-corrected chi connectivity index (χ0v) is 10.0. The van der Waals surface area contributed by atoms with Gasteiger partial charge in [0.05, 0.1) is 10.4 Å². The smallest absolute Gasteiger partial charge is 0.0790 e. The molecule has 0 aliphatic carbocycles. The van der Waals surface area contributed by atoms with Gasteiger partial charge in [-0.05, 0) is 33.6 Å². The van der Waals surface area contributed by atoms with Crippen molar-refractivity contribution in [3.8, 4) is 0 Å². The maximum Gasteiger partial charge on any atom is 0.0790 e. The van der Waals surface area contributed by atoms with Crippen molar-refractivity contribution in [3.63, 3.8) is 0 Å². The van der Waals surface area contributed by atoms with Crippen LogP contribution in [0.2, 0.25) is 5.02 Å². The van der Waals surface area contributed by atoms with Crippen LogP contribution in [0.25, 0.3) is 0 Å². The van der Waals surface area contributed by atoms with Crippen molar-refractivity contribution in [2.75, 3.05) is 12.3 Å². The quantitative estimate of drug-likeness (QED) is 0.844. The van der Waals surface area contributed by atoms with Crippen LogP contribution in [0.5, 0.6) is 0 Å². The van der Waals surface area contributed by atoms with E-state index in [2.05, 4.69) is 27.3 Å². The summed E-state index contributed by atoms with van der Waals surface area (Å²) in [6.07, 6.45) is 0. The Bertz CT molecular complexity index is 312. The second-order valence-corrected chi connectivity index (χ2v) is 5.35.